The molecule has 1 rings (SSSR count). The molecular formula is C15H25N3O2. The van der Waals surface area contributed by atoms with Gasteiger partial charge >= 0.3 is 0 Å². The highest BCUT2D eigenvalue weighted by Gasteiger charge is 2.12. The minimum atomic E-state index is -0.478. The zero-order chi connectivity index (χ0) is 14.8. The summed E-state index contributed by atoms with van der Waals surface area (Å²) in [5.41, 5.74) is 7.38. The molecule has 1 aromatic carbocycles. The van der Waals surface area contributed by atoms with Crippen LogP contribution in [0.2, 0.25) is 0 Å². The van der Waals surface area contributed by atoms with Gasteiger partial charge in [-0.3, -0.25) is 4.79 Å². The minimum absolute atomic E-state index is 0.000460. The quantitative estimate of drug-likeness (QED) is 0.512. The molecular weight excluding hydrogens is 254 g/mol. The number of nitrogens with one attached hydrogen (secondary N) is 2. The van der Waals surface area contributed by atoms with Crippen molar-refractivity contribution in [2.75, 3.05) is 18.4 Å². The van der Waals surface area contributed by atoms with Crippen LogP contribution in [0.1, 0.15) is 31.7 Å². The van der Waals surface area contributed by atoms with Crippen molar-refractivity contribution in [2.24, 2.45) is 5.73 Å². The first-order valence-electron chi connectivity index (χ1n) is 7.14. The molecule has 1 amide bonds. The number of nitrogens with two attached hydrogens (primary N) is 1. The van der Waals surface area contributed by atoms with Crippen LogP contribution in [0.25, 0.3) is 0 Å². The van der Waals surface area contributed by atoms with Crippen LogP contribution in [-0.2, 0) is 11.4 Å². The zero-order valence-corrected chi connectivity index (χ0v) is 12.1. The average molecular weight is 279 g/mol. The Labute approximate surface area is 120 Å². The predicted molar refractivity (Wildman–Crippen MR) is 81.4 cm³/mol. The summed E-state index contributed by atoms with van der Waals surface area (Å²) in [7, 11) is 0. The molecule has 0 aliphatic carbocycles. The Morgan fingerprint density at radius 1 is 1.30 bits per heavy atom. The van der Waals surface area contributed by atoms with Gasteiger partial charge in [0.25, 0.3) is 0 Å². The molecule has 1 aromatic rings. The lowest BCUT2D eigenvalue weighted by atomic mass is 10.1. The fraction of sp³-hybridized carbons (Fsp3) is 0.533. The Bertz CT molecular complexity index is 393. The molecule has 0 fully saturated rings. The molecule has 0 saturated carbocycles. The first-order valence-corrected chi connectivity index (χ1v) is 7.14. The largest absolute Gasteiger partial charge is 0.392 e. The normalized spacial score (nSPS) is 12.2. The van der Waals surface area contributed by atoms with Crippen LogP contribution in [0.15, 0.2) is 24.3 Å². The summed E-state index contributed by atoms with van der Waals surface area (Å²) in [5, 5.41) is 15.0. The Morgan fingerprint density at radius 2 is 2.00 bits per heavy atom. The summed E-state index contributed by atoms with van der Waals surface area (Å²) in [6.45, 7) is 4.00. The highest BCUT2D eigenvalue weighted by atomic mass is 16.3. The summed E-state index contributed by atoms with van der Waals surface area (Å²) in [6.07, 6.45) is 2.65. The van der Waals surface area contributed by atoms with Gasteiger partial charge in [0, 0.05) is 5.69 Å². The molecule has 5 N–H and O–H groups in total. The number of hydrogen-bond acceptors (Lipinski definition) is 4. The second-order valence-corrected chi connectivity index (χ2v) is 4.80. The van der Waals surface area contributed by atoms with E-state index in [-0.39, 0.29) is 12.5 Å². The molecule has 0 aromatic heterocycles. The second-order valence-electron chi connectivity index (χ2n) is 4.80. The van der Waals surface area contributed by atoms with E-state index in [1.54, 1.807) is 24.3 Å². The molecule has 0 heterocycles. The molecule has 112 valence electrons. The topological polar surface area (TPSA) is 87.4 Å². The maximum atomic E-state index is 11.9. The third kappa shape index (κ3) is 6.14. The number of hydrogen-bond donors (Lipinski definition) is 4. The molecule has 5 nitrogen and oxygen atoms in total. The first kappa shape index (κ1) is 16.6. The van der Waals surface area contributed by atoms with Crippen LogP contribution < -0.4 is 16.4 Å². The highest BCUT2D eigenvalue weighted by Crippen LogP contribution is 2.10. The molecule has 0 aliphatic heterocycles. The summed E-state index contributed by atoms with van der Waals surface area (Å²) >= 11 is 0. The average Bonchev–Trinajstić information content (AvgIpc) is 2.47. The molecule has 0 saturated heterocycles. The zero-order valence-electron chi connectivity index (χ0n) is 12.1. The fourth-order valence-electron chi connectivity index (χ4n) is 1.85. The molecule has 0 spiro atoms. The van der Waals surface area contributed by atoms with Crippen molar-refractivity contribution in [3.8, 4) is 0 Å². The van der Waals surface area contributed by atoms with Crippen LogP contribution in [0.4, 0.5) is 5.69 Å². The number of amides is 1. The lowest BCUT2D eigenvalue weighted by Crippen LogP contribution is -2.35. The van der Waals surface area contributed by atoms with E-state index in [0.717, 1.165) is 31.5 Å². The van der Waals surface area contributed by atoms with Crippen LogP contribution in [-0.4, -0.2) is 30.1 Å². The van der Waals surface area contributed by atoms with Crippen LogP contribution in [0.3, 0.4) is 0 Å². The Morgan fingerprint density at radius 3 is 2.60 bits per heavy atom. The van der Waals surface area contributed by atoms with Gasteiger partial charge in [0.2, 0.25) is 5.91 Å². The molecule has 1 atom stereocenters. The van der Waals surface area contributed by atoms with Crippen molar-refractivity contribution in [1.82, 2.24) is 5.32 Å². The highest BCUT2D eigenvalue weighted by molar-refractivity contribution is 5.94. The maximum absolute atomic E-state index is 11.9. The number of carbonyl (C=O) groups excluding carboxylic acids is 1. The minimum Gasteiger partial charge on any atom is -0.392 e. The number of anilines is 1. The number of carbonyl (C=O) groups is 1. The first-order chi connectivity index (χ1) is 9.67. The van der Waals surface area contributed by atoms with Crippen molar-refractivity contribution < 1.29 is 9.90 Å². The maximum Gasteiger partial charge on any atom is 0.241 e. The molecule has 0 bridgehead atoms. The number of rotatable bonds is 9. The van der Waals surface area contributed by atoms with E-state index >= 15 is 0 Å². The Hall–Kier alpha value is -1.43. The third-order valence-corrected chi connectivity index (χ3v) is 3.11. The summed E-state index contributed by atoms with van der Waals surface area (Å²) < 4.78 is 0. The number of aliphatic hydroxyl groups excluding tert-OH is 1. The third-order valence-electron chi connectivity index (χ3n) is 3.11. The number of aliphatic hydroxyl groups is 1. The number of benzene rings is 1. The van der Waals surface area contributed by atoms with Crippen molar-refractivity contribution >= 4 is 11.6 Å². The van der Waals surface area contributed by atoms with Gasteiger partial charge < -0.3 is 21.5 Å². The van der Waals surface area contributed by atoms with E-state index < -0.39 is 6.04 Å². The SMILES string of the molecule is CCNCCCCC(N)C(=O)Nc1ccc(CO)cc1. The molecule has 5 heteroatoms. The van der Waals surface area contributed by atoms with Crippen LogP contribution in [0, 0.1) is 0 Å². The van der Waals surface area contributed by atoms with Crippen molar-refractivity contribution in [2.45, 2.75) is 38.8 Å². The van der Waals surface area contributed by atoms with Gasteiger partial charge in [-0.05, 0) is 43.6 Å². The monoisotopic (exact) mass is 279 g/mol. The van der Waals surface area contributed by atoms with E-state index in [0.29, 0.717) is 12.1 Å². The van der Waals surface area contributed by atoms with Crippen molar-refractivity contribution in [3.63, 3.8) is 0 Å². The molecule has 1 unspecified atom stereocenters. The van der Waals surface area contributed by atoms with Gasteiger partial charge in [0.05, 0.1) is 12.6 Å². The van der Waals surface area contributed by atoms with E-state index in [1.807, 2.05) is 0 Å². The van der Waals surface area contributed by atoms with E-state index in [1.165, 1.54) is 0 Å². The summed E-state index contributed by atoms with van der Waals surface area (Å²) in [6, 6.07) is 6.60. The molecule has 20 heavy (non-hydrogen) atoms. The van der Waals surface area contributed by atoms with E-state index in [4.69, 9.17) is 10.8 Å². The lowest BCUT2D eigenvalue weighted by molar-refractivity contribution is -0.117. The van der Waals surface area contributed by atoms with Crippen LogP contribution in [0.5, 0.6) is 0 Å². The van der Waals surface area contributed by atoms with Crippen molar-refractivity contribution in [3.05, 3.63) is 29.8 Å². The molecule has 0 radical (unpaired) electrons. The molecule has 0 aliphatic rings. The van der Waals surface area contributed by atoms with Gasteiger partial charge in [0.1, 0.15) is 0 Å². The standard InChI is InChI=1S/C15H25N3O2/c1-2-17-10-4-3-5-14(16)15(20)18-13-8-6-12(11-19)7-9-13/h6-9,14,17,19H,2-5,10-11,16H2,1H3,(H,18,20). The lowest BCUT2D eigenvalue weighted by Gasteiger charge is -2.12. The summed E-state index contributed by atoms with van der Waals surface area (Å²) in [5.74, 6) is -0.162. The second kappa shape index (κ2) is 9.47. The van der Waals surface area contributed by atoms with Crippen molar-refractivity contribution in [1.29, 1.82) is 0 Å². The van der Waals surface area contributed by atoms with Gasteiger partial charge in [-0.1, -0.05) is 25.5 Å². The Kier molecular flexibility index (Phi) is 7.87. The van der Waals surface area contributed by atoms with E-state index in [2.05, 4.69) is 17.6 Å². The predicted octanol–water partition coefficient (Wildman–Crippen LogP) is 1.22. The Balaban J connectivity index is 2.29. The smallest absolute Gasteiger partial charge is 0.241 e. The number of unbranched alkanes of at least 4 members (excludes halogenated alkanes) is 1. The van der Waals surface area contributed by atoms with E-state index in [9.17, 15) is 4.79 Å². The van der Waals surface area contributed by atoms with Crippen LogP contribution >= 0.6 is 0 Å². The van der Waals surface area contributed by atoms with Gasteiger partial charge in [0.15, 0.2) is 0 Å². The fourth-order valence-corrected chi connectivity index (χ4v) is 1.85. The summed E-state index contributed by atoms with van der Waals surface area (Å²) in [4.78, 5) is 11.9. The van der Waals surface area contributed by atoms with Gasteiger partial charge in [-0.2, -0.15) is 0 Å². The van der Waals surface area contributed by atoms with Gasteiger partial charge in [-0.25, -0.2) is 0 Å². The van der Waals surface area contributed by atoms with Gasteiger partial charge in [-0.15, -0.1) is 0 Å².